The van der Waals surface area contributed by atoms with Crippen molar-refractivity contribution in [3.63, 3.8) is 0 Å². The standard InChI is InChI=1S/C14H22.2C11H19NS.C11H16OS/c1-13(2,3)11-7-9-12(10-8-11)14(4,5)6;2*1-10(2,3)8-7-12-9(13-8)11(4,5)6;1-11(2,3)10-6-8-7-12-5-4-9(8)13-10/h7-10H,1-6H3;2*7H,1-6H3;6H,4-5,7H2,1-3H3. The maximum atomic E-state index is 5.43. The zero-order valence-electron chi connectivity index (χ0n) is 37.7. The molecule has 0 bridgehead atoms. The molecule has 298 valence electrons. The average molecular weight is 781 g/mol. The van der Waals surface area contributed by atoms with E-state index >= 15 is 0 Å². The molecule has 0 aliphatic carbocycles. The highest BCUT2D eigenvalue weighted by molar-refractivity contribution is 7.12. The van der Waals surface area contributed by atoms with Crippen LogP contribution >= 0.6 is 34.0 Å². The third-order valence-electron chi connectivity index (χ3n) is 8.76. The summed E-state index contributed by atoms with van der Waals surface area (Å²) < 4.78 is 5.43. The van der Waals surface area contributed by atoms with Gasteiger partial charge in [0.25, 0.3) is 0 Å². The molecule has 1 aromatic carbocycles. The van der Waals surface area contributed by atoms with Gasteiger partial charge in [0.15, 0.2) is 0 Å². The van der Waals surface area contributed by atoms with Gasteiger partial charge < -0.3 is 4.74 Å². The van der Waals surface area contributed by atoms with Crippen LogP contribution in [0.1, 0.15) is 192 Å². The summed E-state index contributed by atoms with van der Waals surface area (Å²) in [4.78, 5) is 14.7. The number of rotatable bonds is 0. The summed E-state index contributed by atoms with van der Waals surface area (Å²) in [7, 11) is 0. The summed E-state index contributed by atoms with van der Waals surface area (Å²) in [6, 6.07) is 11.3. The SMILES string of the molecule is CC(C)(C)c1cc2c(s1)CCOC2.CC(C)(C)c1ccc(C(C)(C)C)cc1.CC(C)(C)c1cnc(C(C)(C)C)s1.CC(C)(C)c1cnc(C(C)(C)C)s1. The van der Waals surface area contributed by atoms with Gasteiger partial charge in [0.1, 0.15) is 0 Å². The second kappa shape index (κ2) is 17.5. The lowest BCUT2D eigenvalue weighted by Gasteiger charge is -2.23. The van der Waals surface area contributed by atoms with Crippen LogP contribution in [0.5, 0.6) is 0 Å². The summed E-state index contributed by atoms with van der Waals surface area (Å²) in [5, 5.41) is 2.47. The monoisotopic (exact) mass is 781 g/mol. The number of aromatic nitrogens is 2. The highest BCUT2D eigenvalue weighted by Gasteiger charge is 2.25. The first-order valence-corrected chi connectivity index (χ1v) is 21.9. The van der Waals surface area contributed by atoms with Crippen molar-refractivity contribution in [1.29, 1.82) is 0 Å². The minimum absolute atomic E-state index is 0.189. The van der Waals surface area contributed by atoms with Gasteiger partial charge in [-0.05, 0) is 49.8 Å². The van der Waals surface area contributed by atoms with Crippen molar-refractivity contribution in [2.24, 2.45) is 0 Å². The molecule has 3 aromatic heterocycles. The average Bonchev–Trinajstić information content (AvgIpc) is 3.76. The fourth-order valence-electron chi connectivity index (χ4n) is 4.92. The van der Waals surface area contributed by atoms with Gasteiger partial charge in [-0.3, -0.25) is 0 Å². The quantitative estimate of drug-likeness (QED) is 0.178. The van der Waals surface area contributed by atoms with Crippen LogP contribution in [0, 0.1) is 0 Å². The van der Waals surface area contributed by atoms with Crippen molar-refractivity contribution >= 4 is 34.0 Å². The predicted octanol–water partition coefficient (Wildman–Crippen LogP) is 14.9. The van der Waals surface area contributed by atoms with Crippen molar-refractivity contribution < 1.29 is 4.74 Å². The Bertz CT molecular complexity index is 1510. The van der Waals surface area contributed by atoms with E-state index in [0.29, 0.717) is 5.41 Å². The van der Waals surface area contributed by atoms with E-state index < -0.39 is 0 Å². The number of benzene rings is 1. The smallest absolute Gasteiger partial charge is 0.0981 e. The highest BCUT2D eigenvalue weighted by Crippen LogP contribution is 2.36. The zero-order chi connectivity index (χ0) is 41.0. The lowest BCUT2D eigenvalue weighted by molar-refractivity contribution is 0.112. The van der Waals surface area contributed by atoms with Gasteiger partial charge >= 0.3 is 0 Å². The summed E-state index contributed by atoms with van der Waals surface area (Å²) >= 11 is 5.63. The van der Waals surface area contributed by atoms with E-state index in [4.69, 9.17) is 4.74 Å². The van der Waals surface area contributed by atoms with E-state index in [9.17, 15) is 0 Å². The fraction of sp³-hybridized carbons (Fsp3) is 0.660. The van der Waals surface area contributed by atoms with E-state index in [2.05, 4.69) is 186 Å². The Morgan fingerprint density at radius 3 is 1.06 bits per heavy atom. The van der Waals surface area contributed by atoms with Gasteiger partial charge in [-0.15, -0.1) is 34.0 Å². The van der Waals surface area contributed by atoms with Crippen molar-refractivity contribution in [3.05, 3.63) is 88.9 Å². The molecule has 0 fully saturated rings. The Morgan fingerprint density at radius 2 is 0.811 bits per heavy atom. The molecular formula is C47H76N2OS3. The molecule has 4 heterocycles. The normalized spacial score (nSPS) is 14.2. The molecule has 53 heavy (non-hydrogen) atoms. The number of fused-ring (bicyclic) bond motifs is 1. The van der Waals surface area contributed by atoms with Crippen LogP contribution in [0.15, 0.2) is 42.7 Å². The molecule has 0 atom stereocenters. The lowest BCUT2D eigenvalue weighted by Crippen LogP contribution is -2.14. The van der Waals surface area contributed by atoms with Gasteiger partial charge in [-0.2, -0.15) is 0 Å². The summed E-state index contributed by atoms with van der Waals surface area (Å²) in [5.74, 6) is 0. The Kier molecular flexibility index (Phi) is 15.6. The lowest BCUT2D eigenvalue weighted by atomic mass is 9.82. The Labute approximate surface area is 338 Å². The van der Waals surface area contributed by atoms with Crippen molar-refractivity contribution in [1.82, 2.24) is 9.97 Å². The van der Waals surface area contributed by atoms with Crippen LogP contribution in [-0.2, 0) is 55.7 Å². The molecule has 6 heteroatoms. The molecule has 0 radical (unpaired) electrons. The van der Waals surface area contributed by atoms with Crippen LogP contribution in [0.25, 0.3) is 0 Å². The van der Waals surface area contributed by atoms with Crippen LogP contribution in [0.4, 0.5) is 0 Å². The molecule has 0 spiro atoms. The van der Waals surface area contributed by atoms with E-state index in [1.807, 2.05) is 46.4 Å². The fourth-order valence-corrected chi connectivity index (χ4v) is 8.19. The van der Waals surface area contributed by atoms with Crippen LogP contribution in [0.2, 0.25) is 0 Å². The first kappa shape index (κ1) is 47.3. The molecule has 0 N–H and O–H groups in total. The summed E-state index contributed by atoms with van der Waals surface area (Å²) in [6.45, 7) is 48.6. The summed E-state index contributed by atoms with van der Waals surface area (Å²) in [6.07, 6.45) is 5.15. The number of hydrogen-bond donors (Lipinski definition) is 0. The molecule has 0 saturated heterocycles. The van der Waals surface area contributed by atoms with Gasteiger partial charge in [-0.1, -0.05) is 170 Å². The van der Waals surface area contributed by atoms with E-state index in [-0.39, 0.29) is 32.5 Å². The number of thiophene rings is 1. The van der Waals surface area contributed by atoms with Gasteiger partial charge in [0.2, 0.25) is 0 Å². The highest BCUT2D eigenvalue weighted by atomic mass is 32.1. The molecule has 4 aromatic rings. The van der Waals surface area contributed by atoms with Crippen LogP contribution in [-0.4, -0.2) is 16.6 Å². The number of ether oxygens (including phenoxy) is 1. The first-order valence-electron chi connectivity index (χ1n) is 19.4. The number of thiazole rings is 2. The molecule has 1 aliphatic rings. The topological polar surface area (TPSA) is 35.0 Å². The second-order valence-electron chi connectivity index (χ2n) is 21.7. The molecule has 0 saturated carbocycles. The van der Waals surface area contributed by atoms with Crippen molar-refractivity contribution in [2.45, 2.75) is 196 Å². The van der Waals surface area contributed by atoms with Crippen molar-refractivity contribution in [3.8, 4) is 0 Å². The van der Waals surface area contributed by atoms with Gasteiger partial charge in [0, 0.05) is 49.2 Å². The van der Waals surface area contributed by atoms with E-state index in [1.165, 1.54) is 46.2 Å². The van der Waals surface area contributed by atoms with Gasteiger partial charge in [0.05, 0.1) is 23.2 Å². The minimum Gasteiger partial charge on any atom is -0.376 e. The second-order valence-corrected chi connectivity index (χ2v) is 24.9. The first-order chi connectivity index (χ1) is 23.7. The molecule has 1 aliphatic heterocycles. The maximum Gasteiger partial charge on any atom is 0.0981 e. The summed E-state index contributed by atoms with van der Waals surface area (Å²) in [5.41, 5.74) is 5.90. The van der Waals surface area contributed by atoms with Gasteiger partial charge in [-0.25, -0.2) is 9.97 Å². The maximum absolute atomic E-state index is 5.43. The molecule has 0 amide bonds. The number of hydrogen-bond acceptors (Lipinski definition) is 6. The largest absolute Gasteiger partial charge is 0.376 e. The third kappa shape index (κ3) is 15.3. The molecule has 3 nitrogen and oxygen atoms in total. The third-order valence-corrected chi connectivity index (χ3v) is 14.1. The van der Waals surface area contributed by atoms with Crippen LogP contribution in [0.3, 0.4) is 0 Å². The molecule has 0 unspecified atom stereocenters. The predicted molar refractivity (Wildman–Crippen MR) is 239 cm³/mol. The molecule has 5 rings (SSSR count). The Hall–Kier alpha value is -1.86. The zero-order valence-corrected chi connectivity index (χ0v) is 40.1. The molecular weight excluding hydrogens is 705 g/mol. The number of nitrogens with zero attached hydrogens (tertiary/aromatic N) is 2. The minimum atomic E-state index is 0.189. The van der Waals surface area contributed by atoms with E-state index in [1.54, 1.807) is 0 Å². The Balaban J connectivity index is 0.000000245. The Morgan fingerprint density at radius 1 is 0.453 bits per heavy atom. The van der Waals surface area contributed by atoms with Crippen LogP contribution < -0.4 is 0 Å². The van der Waals surface area contributed by atoms with E-state index in [0.717, 1.165) is 19.6 Å². The van der Waals surface area contributed by atoms with Crippen molar-refractivity contribution in [2.75, 3.05) is 6.61 Å².